The van der Waals surface area contributed by atoms with E-state index < -0.39 is 31.1 Å². The normalized spacial score (nSPS) is 16.6. The molecule has 0 aliphatic heterocycles. The Labute approximate surface area is 289 Å². The fraction of sp³-hybridized carbons (Fsp3) is 0.816. The third-order valence-corrected chi connectivity index (χ3v) is 24.1. The van der Waals surface area contributed by atoms with E-state index in [1.54, 1.807) is 6.08 Å². The van der Waals surface area contributed by atoms with Gasteiger partial charge in [0, 0.05) is 25.0 Å². The van der Waals surface area contributed by atoms with Crippen molar-refractivity contribution in [2.75, 3.05) is 0 Å². The first-order valence-electron chi connectivity index (χ1n) is 17.9. The first-order valence-corrected chi connectivity index (χ1v) is 26.6. The minimum atomic E-state index is -2.27. The zero-order valence-corrected chi connectivity index (χ0v) is 36.2. The highest BCUT2D eigenvalue weighted by molar-refractivity contribution is 6.75. The number of carbonyl (C=O) groups excluding carboxylic acids is 1. The van der Waals surface area contributed by atoms with Gasteiger partial charge in [0.25, 0.3) is 0 Å². The first-order chi connectivity index (χ1) is 20.7. The van der Waals surface area contributed by atoms with Crippen LogP contribution in [0.5, 0.6) is 0 Å². The summed E-state index contributed by atoms with van der Waals surface area (Å²) in [5.41, 5.74) is 0. The third kappa shape index (κ3) is 15.6. The summed E-state index contributed by atoms with van der Waals surface area (Å²) in [6.45, 7) is 44.3. The van der Waals surface area contributed by atoms with E-state index in [9.17, 15) is 4.79 Å². The van der Waals surface area contributed by atoms with Crippen molar-refractivity contribution >= 4 is 30.9 Å². The van der Waals surface area contributed by atoms with Crippen LogP contribution in [0.2, 0.25) is 54.4 Å². The van der Waals surface area contributed by atoms with Gasteiger partial charge in [0.05, 0.1) is 12.2 Å². The Morgan fingerprint density at radius 3 is 1.65 bits per heavy atom. The van der Waals surface area contributed by atoms with Gasteiger partial charge in [-0.05, 0) is 86.2 Å². The summed E-state index contributed by atoms with van der Waals surface area (Å²) >= 11 is 0. The first kappa shape index (κ1) is 45.2. The lowest BCUT2D eigenvalue weighted by Gasteiger charge is -2.46. The van der Waals surface area contributed by atoms with Crippen LogP contribution in [0, 0.1) is 0 Å². The van der Waals surface area contributed by atoms with Crippen LogP contribution in [0.15, 0.2) is 37.5 Å². The number of rotatable bonds is 21. The molecule has 0 amide bonds. The molecule has 0 aliphatic carbocycles. The van der Waals surface area contributed by atoms with Crippen molar-refractivity contribution in [1.29, 1.82) is 0 Å². The van der Waals surface area contributed by atoms with Crippen LogP contribution in [0.25, 0.3) is 0 Å². The number of esters is 1. The van der Waals surface area contributed by atoms with Crippen LogP contribution < -0.4 is 0 Å². The second kappa shape index (κ2) is 18.8. The highest BCUT2D eigenvalue weighted by Gasteiger charge is 2.46. The summed E-state index contributed by atoms with van der Waals surface area (Å²) < 4.78 is 27.5. The Bertz CT molecular complexity index is 951. The average Bonchev–Trinajstić information content (AvgIpc) is 2.87. The molecular weight excluding hydrogens is 621 g/mol. The van der Waals surface area contributed by atoms with Crippen LogP contribution in [-0.2, 0) is 22.8 Å². The molecule has 0 aliphatic rings. The second-order valence-electron chi connectivity index (χ2n) is 17.8. The summed E-state index contributed by atoms with van der Waals surface area (Å²) in [5, 5.41) is 0.0626. The Balaban J connectivity index is 6.90. The monoisotopic (exact) mass is 697 g/mol. The van der Waals surface area contributed by atoms with Gasteiger partial charge in [-0.2, -0.15) is 0 Å². The maximum atomic E-state index is 13.3. The molecule has 46 heavy (non-hydrogen) atoms. The minimum absolute atomic E-state index is 0.00270. The highest BCUT2D eigenvalue weighted by atomic mass is 28.4. The maximum Gasteiger partial charge on any atom is 0.330 e. The number of carbonyl (C=O) groups is 1. The van der Waals surface area contributed by atoms with Gasteiger partial charge in [0.15, 0.2) is 25.0 Å². The van der Waals surface area contributed by atoms with E-state index in [1.165, 1.54) is 0 Å². The number of unbranched alkanes of at least 4 members (excludes halogenated alkanes) is 2. The molecule has 4 atom stereocenters. The van der Waals surface area contributed by atoms with Crippen molar-refractivity contribution in [2.45, 2.75) is 199 Å². The van der Waals surface area contributed by atoms with Crippen molar-refractivity contribution in [2.24, 2.45) is 0 Å². The highest BCUT2D eigenvalue weighted by Crippen LogP contribution is 2.43. The van der Waals surface area contributed by atoms with E-state index in [0.29, 0.717) is 12.8 Å². The molecule has 0 aromatic carbocycles. The fourth-order valence-electron chi connectivity index (χ4n) is 4.35. The summed E-state index contributed by atoms with van der Waals surface area (Å²) in [6.07, 6.45) is 13.6. The number of hydrogen-bond donors (Lipinski definition) is 0. The molecule has 0 bridgehead atoms. The molecule has 270 valence electrons. The molecule has 0 spiro atoms. The lowest BCUT2D eigenvalue weighted by Crippen LogP contribution is -2.53. The van der Waals surface area contributed by atoms with Gasteiger partial charge in [0.1, 0.15) is 6.10 Å². The van der Waals surface area contributed by atoms with Crippen molar-refractivity contribution in [3.8, 4) is 0 Å². The molecule has 0 radical (unpaired) electrons. The van der Waals surface area contributed by atoms with Crippen LogP contribution in [0.1, 0.15) is 121 Å². The molecule has 0 saturated carbocycles. The molecule has 0 unspecified atom stereocenters. The molecule has 0 aromatic rings. The SMILES string of the molecule is C=CCC[C@H](C[C@H](O[Si](C)(C)C(C)(C)C)[C@@H](/C=C/C(=O)O[C@@H](CC=C)CCCCC)O[Si](C)(C)C(C)(C)C)O[Si](C)(C)C(C)(C)C. The van der Waals surface area contributed by atoms with Crippen LogP contribution in [-0.4, -0.2) is 55.3 Å². The van der Waals surface area contributed by atoms with Gasteiger partial charge in [-0.15, -0.1) is 13.2 Å². The van der Waals surface area contributed by atoms with Crippen molar-refractivity contribution in [1.82, 2.24) is 0 Å². The summed E-state index contributed by atoms with van der Waals surface area (Å²) in [4.78, 5) is 13.3. The quantitative estimate of drug-likeness (QED) is 0.0393. The van der Waals surface area contributed by atoms with Gasteiger partial charge < -0.3 is 18.0 Å². The van der Waals surface area contributed by atoms with Gasteiger partial charge >= 0.3 is 5.97 Å². The molecule has 0 saturated heterocycles. The molecule has 5 nitrogen and oxygen atoms in total. The van der Waals surface area contributed by atoms with Crippen LogP contribution in [0.4, 0.5) is 0 Å². The summed E-state index contributed by atoms with van der Waals surface area (Å²) in [6, 6.07) is 0. The number of allylic oxidation sites excluding steroid dienone is 1. The van der Waals surface area contributed by atoms with Crippen molar-refractivity contribution < 1.29 is 22.8 Å². The third-order valence-electron chi connectivity index (χ3n) is 10.6. The lowest BCUT2D eigenvalue weighted by molar-refractivity contribution is -0.143. The van der Waals surface area contributed by atoms with E-state index in [1.807, 2.05) is 18.2 Å². The summed E-state index contributed by atoms with van der Waals surface area (Å²) in [5.74, 6) is -0.334. The van der Waals surface area contributed by atoms with E-state index in [0.717, 1.165) is 38.5 Å². The van der Waals surface area contributed by atoms with E-state index >= 15 is 0 Å². The topological polar surface area (TPSA) is 54.0 Å². The summed E-state index contributed by atoms with van der Waals surface area (Å²) in [7, 11) is -6.60. The van der Waals surface area contributed by atoms with Crippen LogP contribution in [0.3, 0.4) is 0 Å². The fourth-order valence-corrected chi connectivity index (χ4v) is 8.36. The number of hydrogen-bond acceptors (Lipinski definition) is 5. The van der Waals surface area contributed by atoms with Gasteiger partial charge in [-0.1, -0.05) is 94.2 Å². The van der Waals surface area contributed by atoms with Crippen LogP contribution >= 0.6 is 0 Å². The molecule has 0 N–H and O–H groups in total. The maximum absolute atomic E-state index is 13.3. The molecule has 0 heterocycles. The van der Waals surface area contributed by atoms with E-state index in [4.69, 9.17) is 18.0 Å². The number of ether oxygens (including phenoxy) is 1. The Morgan fingerprint density at radius 2 is 1.20 bits per heavy atom. The van der Waals surface area contributed by atoms with Gasteiger partial charge in [0.2, 0.25) is 0 Å². The zero-order chi connectivity index (χ0) is 36.2. The standard InChI is InChI=1S/C38H76O5Si3/c1-19-22-24-27-31(25-21-3)40-35(39)29-28-33(42-45(15,16)37(7,8)9)34(43-46(17,18)38(10,11)12)30-32(26-23-20-2)41-44(13,14)36(4,5)6/h20-21,28-29,31-34H,2-3,19,22-27,30H2,1,4-18H3/b29-28+/t31-,32+,33+,34-/m0/s1. The Kier molecular flexibility index (Phi) is 18.5. The van der Waals surface area contributed by atoms with Gasteiger partial charge in [-0.3, -0.25) is 0 Å². The Morgan fingerprint density at radius 1 is 0.696 bits per heavy atom. The van der Waals surface area contributed by atoms with E-state index in [2.05, 4.69) is 122 Å². The zero-order valence-electron chi connectivity index (χ0n) is 33.2. The van der Waals surface area contributed by atoms with Crippen molar-refractivity contribution in [3.63, 3.8) is 0 Å². The van der Waals surface area contributed by atoms with E-state index in [-0.39, 0.29) is 39.4 Å². The molecule has 0 aromatic heterocycles. The smallest absolute Gasteiger partial charge is 0.330 e. The second-order valence-corrected chi connectivity index (χ2v) is 32.1. The molecule has 0 rings (SSSR count). The predicted octanol–water partition coefficient (Wildman–Crippen LogP) is 12.1. The molecular formula is C38H76O5Si3. The molecule has 8 heteroatoms. The average molecular weight is 697 g/mol. The Hall–Kier alpha value is -0.779. The largest absolute Gasteiger partial charge is 0.459 e. The van der Waals surface area contributed by atoms with Crippen molar-refractivity contribution in [3.05, 3.63) is 37.5 Å². The minimum Gasteiger partial charge on any atom is -0.459 e. The lowest BCUT2D eigenvalue weighted by atomic mass is 10.0. The van der Waals surface area contributed by atoms with Gasteiger partial charge in [-0.25, -0.2) is 4.79 Å². The molecule has 0 fully saturated rings. The predicted molar refractivity (Wildman–Crippen MR) is 208 cm³/mol.